The van der Waals surface area contributed by atoms with Gasteiger partial charge in [0.2, 0.25) is 0 Å². The van der Waals surface area contributed by atoms with Gasteiger partial charge in [-0.25, -0.2) is 0 Å². The van der Waals surface area contributed by atoms with E-state index >= 15 is 0 Å². The number of nitrogens with zero attached hydrogens (tertiary/aromatic N) is 3. The molecule has 2 heterocycles. The van der Waals surface area contributed by atoms with Crippen molar-refractivity contribution in [2.45, 2.75) is 13.1 Å². The molecule has 0 fully saturated rings. The van der Waals surface area contributed by atoms with Crippen LogP contribution < -0.4 is 10.1 Å². The molecule has 0 bridgehead atoms. The summed E-state index contributed by atoms with van der Waals surface area (Å²) in [6, 6.07) is 10.9. The maximum absolute atomic E-state index is 9.83. The lowest BCUT2D eigenvalue weighted by molar-refractivity contribution is 0.410. The summed E-state index contributed by atoms with van der Waals surface area (Å²) >= 11 is 0. The van der Waals surface area contributed by atoms with Gasteiger partial charge in [-0.1, -0.05) is 6.07 Å². The molecule has 0 unspecified atom stereocenters. The van der Waals surface area contributed by atoms with Gasteiger partial charge in [-0.2, -0.15) is 0 Å². The molecular weight excluding hydrogens is 268 g/mol. The lowest BCUT2D eigenvalue weighted by Gasteiger charge is -2.08. The van der Waals surface area contributed by atoms with Crippen molar-refractivity contribution in [1.82, 2.24) is 19.9 Å². The van der Waals surface area contributed by atoms with Crippen LogP contribution in [0.1, 0.15) is 11.4 Å². The van der Waals surface area contributed by atoms with E-state index < -0.39 is 0 Å². The lowest BCUT2D eigenvalue weighted by atomic mass is 10.2. The third-order valence-corrected chi connectivity index (χ3v) is 3.27. The number of benzene rings is 1. The van der Waals surface area contributed by atoms with Crippen LogP contribution in [0.2, 0.25) is 0 Å². The highest BCUT2D eigenvalue weighted by Gasteiger charge is 2.06. The second kappa shape index (κ2) is 5.80. The van der Waals surface area contributed by atoms with Crippen molar-refractivity contribution >= 4 is 5.65 Å². The first-order valence-corrected chi connectivity index (χ1v) is 6.63. The van der Waals surface area contributed by atoms with Crippen LogP contribution in [-0.2, 0) is 13.1 Å². The van der Waals surface area contributed by atoms with Crippen molar-refractivity contribution in [2.24, 2.45) is 0 Å². The summed E-state index contributed by atoms with van der Waals surface area (Å²) in [5.74, 6) is 1.79. The van der Waals surface area contributed by atoms with E-state index in [-0.39, 0.29) is 5.75 Å². The van der Waals surface area contributed by atoms with Crippen LogP contribution >= 0.6 is 0 Å². The first-order valence-electron chi connectivity index (χ1n) is 6.63. The molecule has 3 aromatic rings. The number of fused-ring (bicyclic) bond motifs is 1. The van der Waals surface area contributed by atoms with Crippen molar-refractivity contribution in [2.75, 3.05) is 7.11 Å². The second-order valence-electron chi connectivity index (χ2n) is 4.64. The van der Waals surface area contributed by atoms with E-state index in [0.717, 1.165) is 22.8 Å². The Kier molecular flexibility index (Phi) is 3.70. The second-order valence-corrected chi connectivity index (χ2v) is 4.64. The quantitative estimate of drug-likeness (QED) is 0.746. The van der Waals surface area contributed by atoms with Gasteiger partial charge in [0.15, 0.2) is 11.5 Å². The van der Waals surface area contributed by atoms with Crippen molar-refractivity contribution in [1.29, 1.82) is 0 Å². The zero-order valence-corrected chi connectivity index (χ0v) is 11.7. The minimum Gasteiger partial charge on any atom is -0.508 e. The molecule has 6 nitrogen and oxygen atoms in total. The third kappa shape index (κ3) is 2.80. The van der Waals surface area contributed by atoms with E-state index in [1.54, 1.807) is 19.2 Å². The fraction of sp³-hybridized carbons (Fsp3) is 0.200. The van der Waals surface area contributed by atoms with Crippen molar-refractivity contribution in [3.8, 4) is 11.5 Å². The Morgan fingerprint density at radius 2 is 2.10 bits per heavy atom. The Balaban J connectivity index is 1.69. The van der Waals surface area contributed by atoms with Crippen molar-refractivity contribution in [3.05, 3.63) is 54.0 Å². The number of methoxy groups -OCH3 is 1. The smallest absolute Gasteiger partial charge is 0.160 e. The predicted octanol–water partition coefficient (Wildman–Crippen LogP) is 1.73. The highest BCUT2D eigenvalue weighted by Crippen LogP contribution is 2.22. The highest BCUT2D eigenvalue weighted by atomic mass is 16.5. The molecule has 6 heteroatoms. The first-order chi connectivity index (χ1) is 10.3. The zero-order valence-electron chi connectivity index (χ0n) is 11.7. The molecule has 2 aromatic heterocycles. The number of aromatic nitrogens is 3. The van der Waals surface area contributed by atoms with Crippen LogP contribution in [0, 0.1) is 0 Å². The molecule has 0 atom stereocenters. The number of ether oxygens (including phenoxy) is 1. The SMILES string of the molecule is COc1ccc(O)c(CNCc2nnc3ccccn23)c1. The number of rotatable bonds is 5. The van der Waals surface area contributed by atoms with Crippen LogP contribution in [0.3, 0.4) is 0 Å². The molecule has 0 radical (unpaired) electrons. The first kappa shape index (κ1) is 13.4. The Bertz CT molecular complexity index is 754. The topological polar surface area (TPSA) is 71.7 Å². The Morgan fingerprint density at radius 1 is 1.19 bits per heavy atom. The average Bonchev–Trinajstić information content (AvgIpc) is 2.93. The number of pyridine rings is 1. The van der Waals surface area contributed by atoms with Crippen LogP contribution in [0.5, 0.6) is 11.5 Å². The molecule has 2 N–H and O–H groups in total. The highest BCUT2D eigenvalue weighted by molar-refractivity contribution is 5.39. The van der Waals surface area contributed by atoms with Gasteiger partial charge >= 0.3 is 0 Å². The Labute approximate surface area is 122 Å². The van der Waals surface area contributed by atoms with Crippen LogP contribution in [-0.4, -0.2) is 26.8 Å². The van der Waals surface area contributed by atoms with E-state index in [4.69, 9.17) is 4.74 Å². The number of phenols is 1. The number of aromatic hydroxyl groups is 1. The van der Waals surface area contributed by atoms with Gasteiger partial charge < -0.3 is 15.2 Å². The van der Waals surface area contributed by atoms with Crippen molar-refractivity contribution in [3.63, 3.8) is 0 Å². The number of nitrogens with one attached hydrogen (secondary N) is 1. The number of phenolic OH excluding ortho intramolecular Hbond substituents is 1. The average molecular weight is 284 g/mol. The van der Waals surface area contributed by atoms with Gasteiger partial charge in [-0.3, -0.25) is 4.40 Å². The molecule has 0 saturated carbocycles. The van der Waals surface area contributed by atoms with Gasteiger partial charge in [0.1, 0.15) is 11.5 Å². The van der Waals surface area contributed by atoms with E-state index in [9.17, 15) is 5.11 Å². The summed E-state index contributed by atoms with van der Waals surface area (Å²) in [7, 11) is 1.60. The lowest BCUT2D eigenvalue weighted by Crippen LogP contribution is -2.15. The monoisotopic (exact) mass is 284 g/mol. The van der Waals surface area contributed by atoms with Gasteiger partial charge in [0, 0.05) is 18.3 Å². The largest absolute Gasteiger partial charge is 0.508 e. The fourth-order valence-corrected chi connectivity index (χ4v) is 2.15. The summed E-state index contributed by atoms with van der Waals surface area (Å²) in [5.41, 5.74) is 1.60. The van der Waals surface area contributed by atoms with Crippen LogP contribution in [0.4, 0.5) is 0 Å². The maximum atomic E-state index is 9.83. The van der Waals surface area contributed by atoms with Gasteiger partial charge in [0.05, 0.1) is 13.7 Å². The summed E-state index contributed by atoms with van der Waals surface area (Å²) in [5, 5.41) is 21.3. The van der Waals surface area contributed by atoms with Crippen LogP contribution in [0.15, 0.2) is 42.6 Å². The van der Waals surface area contributed by atoms with Gasteiger partial charge in [0.25, 0.3) is 0 Å². The third-order valence-electron chi connectivity index (χ3n) is 3.27. The standard InChI is InChI=1S/C15H16N4O2/c1-21-12-5-6-13(20)11(8-12)9-16-10-15-18-17-14-4-2-3-7-19(14)15/h2-8,16,20H,9-10H2,1H3. The van der Waals surface area contributed by atoms with Crippen LogP contribution in [0.25, 0.3) is 5.65 Å². The summed E-state index contributed by atoms with van der Waals surface area (Å²) in [6.07, 6.45) is 1.93. The predicted molar refractivity (Wildman–Crippen MR) is 78.2 cm³/mol. The maximum Gasteiger partial charge on any atom is 0.160 e. The molecule has 0 aliphatic rings. The van der Waals surface area contributed by atoms with E-state index in [1.165, 1.54) is 0 Å². The molecule has 108 valence electrons. The normalized spacial score (nSPS) is 10.9. The number of hydrogen-bond acceptors (Lipinski definition) is 5. The molecule has 1 aromatic carbocycles. The minimum absolute atomic E-state index is 0.245. The van der Waals surface area contributed by atoms with Gasteiger partial charge in [-0.05, 0) is 30.3 Å². The molecule has 21 heavy (non-hydrogen) atoms. The van der Waals surface area contributed by atoms with Crippen molar-refractivity contribution < 1.29 is 9.84 Å². The van der Waals surface area contributed by atoms with Gasteiger partial charge in [-0.15, -0.1) is 10.2 Å². The van der Waals surface area contributed by atoms with E-state index in [1.807, 2.05) is 34.9 Å². The van der Waals surface area contributed by atoms with E-state index in [0.29, 0.717) is 13.1 Å². The molecule has 0 saturated heterocycles. The summed E-state index contributed by atoms with van der Waals surface area (Å²) in [4.78, 5) is 0. The molecule has 0 amide bonds. The Hall–Kier alpha value is -2.60. The zero-order chi connectivity index (χ0) is 14.7. The summed E-state index contributed by atoms with van der Waals surface area (Å²) < 4.78 is 7.08. The molecule has 0 aliphatic heterocycles. The fourth-order valence-electron chi connectivity index (χ4n) is 2.15. The number of hydrogen-bond donors (Lipinski definition) is 2. The molecular formula is C15H16N4O2. The molecule has 0 spiro atoms. The Morgan fingerprint density at radius 3 is 2.95 bits per heavy atom. The molecule has 0 aliphatic carbocycles. The van der Waals surface area contributed by atoms with E-state index in [2.05, 4.69) is 15.5 Å². The summed E-state index contributed by atoms with van der Waals surface area (Å²) in [6.45, 7) is 1.08. The minimum atomic E-state index is 0.245. The molecule has 3 rings (SSSR count).